The van der Waals surface area contributed by atoms with E-state index in [4.69, 9.17) is 17.3 Å². The van der Waals surface area contributed by atoms with Crippen LogP contribution in [0.5, 0.6) is 0 Å². The number of piperidine rings is 1. The first-order valence-electron chi connectivity index (χ1n) is 6.38. The Labute approximate surface area is 109 Å². The molecule has 1 saturated heterocycles. The van der Waals surface area contributed by atoms with Crippen molar-refractivity contribution in [1.29, 1.82) is 0 Å². The number of nitrogens with two attached hydrogens (primary N) is 1. The van der Waals surface area contributed by atoms with Crippen molar-refractivity contribution < 1.29 is 0 Å². The van der Waals surface area contributed by atoms with Gasteiger partial charge in [-0.2, -0.15) is 0 Å². The third-order valence-corrected chi connectivity index (χ3v) is 3.80. The summed E-state index contributed by atoms with van der Waals surface area (Å²) in [5, 5.41) is 0.828. The number of anilines is 1. The summed E-state index contributed by atoms with van der Waals surface area (Å²) in [6.45, 7) is 6.50. The van der Waals surface area contributed by atoms with Crippen LogP contribution in [0.1, 0.15) is 38.3 Å². The van der Waals surface area contributed by atoms with E-state index < -0.39 is 0 Å². The highest BCUT2D eigenvalue weighted by Gasteiger charge is 2.18. The standard InChI is InChI=1S/C14H21ClN2/c1-10-4-3-7-17(9-10)14-6-5-12(11(2)16)8-13(14)15/h5-6,8,10-11H,3-4,7,9,16H2,1-2H3/t10-,11+/m1/s1. The van der Waals surface area contributed by atoms with Gasteiger partial charge in [0.25, 0.3) is 0 Å². The molecule has 3 heteroatoms. The second kappa shape index (κ2) is 5.28. The Morgan fingerprint density at radius 2 is 2.24 bits per heavy atom. The first kappa shape index (κ1) is 12.7. The molecule has 1 aromatic rings. The smallest absolute Gasteiger partial charge is 0.0642 e. The second-order valence-electron chi connectivity index (χ2n) is 5.19. The minimum Gasteiger partial charge on any atom is -0.370 e. The number of hydrogen-bond acceptors (Lipinski definition) is 2. The molecule has 0 bridgehead atoms. The molecule has 17 heavy (non-hydrogen) atoms. The fraction of sp³-hybridized carbons (Fsp3) is 0.571. The van der Waals surface area contributed by atoms with E-state index in [-0.39, 0.29) is 6.04 Å². The summed E-state index contributed by atoms with van der Waals surface area (Å²) in [5.41, 5.74) is 8.12. The molecule has 0 amide bonds. The van der Waals surface area contributed by atoms with Gasteiger partial charge in [0.05, 0.1) is 10.7 Å². The Balaban J connectivity index is 2.21. The highest BCUT2D eigenvalue weighted by atomic mass is 35.5. The summed E-state index contributed by atoms with van der Waals surface area (Å²) >= 11 is 6.36. The van der Waals surface area contributed by atoms with E-state index in [1.807, 2.05) is 13.0 Å². The average Bonchev–Trinajstić information content (AvgIpc) is 2.28. The molecule has 1 aliphatic rings. The maximum absolute atomic E-state index is 6.36. The van der Waals surface area contributed by atoms with Crippen molar-refractivity contribution >= 4 is 17.3 Å². The van der Waals surface area contributed by atoms with Crippen molar-refractivity contribution in [3.05, 3.63) is 28.8 Å². The zero-order valence-corrected chi connectivity index (χ0v) is 11.4. The molecule has 0 unspecified atom stereocenters. The quantitative estimate of drug-likeness (QED) is 0.872. The van der Waals surface area contributed by atoms with E-state index in [0.717, 1.165) is 35.3 Å². The fourth-order valence-corrected chi connectivity index (χ4v) is 2.78. The van der Waals surface area contributed by atoms with Crippen LogP contribution in [-0.2, 0) is 0 Å². The molecular formula is C14H21ClN2. The van der Waals surface area contributed by atoms with Crippen molar-refractivity contribution in [2.45, 2.75) is 32.7 Å². The lowest BCUT2D eigenvalue weighted by atomic mass is 9.99. The molecule has 2 nitrogen and oxygen atoms in total. The Morgan fingerprint density at radius 1 is 1.47 bits per heavy atom. The van der Waals surface area contributed by atoms with Gasteiger partial charge in [0, 0.05) is 19.1 Å². The number of nitrogens with zero attached hydrogens (tertiary/aromatic N) is 1. The van der Waals surface area contributed by atoms with Gasteiger partial charge >= 0.3 is 0 Å². The molecule has 0 aromatic heterocycles. The van der Waals surface area contributed by atoms with Crippen LogP contribution in [-0.4, -0.2) is 13.1 Å². The van der Waals surface area contributed by atoms with Gasteiger partial charge in [-0.05, 0) is 43.4 Å². The minimum absolute atomic E-state index is 0.0434. The van der Waals surface area contributed by atoms with Crippen molar-refractivity contribution in [2.75, 3.05) is 18.0 Å². The van der Waals surface area contributed by atoms with E-state index in [1.165, 1.54) is 12.8 Å². The van der Waals surface area contributed by atoms with Crippen LogP contribution in [0.3, 0.4) is 0 Å². The van der Waals surface area contributed by atoms with Crippen LogP contribution in [0, 0.1) is 5.92 Å². The van der Waals surface area contributed by atoms with Gasteiger partial charge in [-0.1, -0.05) is 24.6 Å². The number of benzene rings is 1. The van der Waals surface area contributed by atoms with Crippen LogP contribution in [0.25, 0.3) is 0 Å². The van der Waals surface area contributed by atoms with Crippen molar-refractivity contribution in [3.63, 3.8) is 0 Å². The van der Waals surface area contributed by atoms with Crippen molar-refractivity contribution in [1.82, 2.24) is 0 Å². The molecule has 0 spiro atoms. The predicted molar refractivity (Wildman–Crippen MR) is 74.7 cm³/mol. The van der Waals surface area contributed by atoms with Gasteiger partial charge in [-0.25, -0.2) is 0 Å². The highest BCUT2D eigenvalue weighted by Crippen LogP contribution is 2.31. The van der Waals surface area contributed by atoms with E-state index in [9.17, 15) is 0 Å². The van der Waals surface area contributed by atoms with Gasteiger partial charge in [0.1, 0.15) is 0 Å². The Morgan fingerprint density at radius 3 is 2.82 bits per heavy atom. The zero-order chi connectivity index (χ0) is 12.4. The summed E-state index contributed by atoms with van der Waals surface area (Å²) < 4.78 is 0. The average molecular weight is 253 g/mol. The minimum atomic E-state index is 0.0434. The second-order valence-corrected chi connectivity index (χ2v) is 5.60. The topological polar surface area (TPSA) is 29.3 Å². The Hall–Kier alpha value is -0.730. The lowest BCUT2D eigenvalue weighted by Gasteiger charge is -2.33. The van der Waals surface area contributed by atoms with Gasteiger partial charge in [0.15, 0.2) is 0 Å². The zero-order valence-electron chi connectivity index (χ0n) is 10.6. The molecule has 2 rings (SSSR count). The number of rotatable bonds is 2. The van der Waals surface area contributed by atoms with Gasteiger partial charge < -0.3 is 10.6 Å². The number of halogens is 1. The van der Waals surface area contributed by atoms with Gasteiger partial charge in [0.2, 0.25) is 0 Å². The normalized spacial score (nSPS) is 22.6. The largest absolute Gasteiger partial charge is 0.370 e. The molecule has 0 saturated carbocycles. The summed E-state index contributed by atoms with van der Waals surface area (Å²) in [4.78, 5) is 2.39. The lowest BCUT2D eigenvalue weighted by molar-refractivity contribution is 0.447. The van der Waals surface area contributed by atoms with Crippen molar-refractivity contribution in [2.24, 2.45) is 11.7 Å². The first-order valence-corrected chi connectivity index (χ1v) is 6.75. The van der Waals surface area contributed by atoms with Crippen LogP contribution in [0.2, 0.25) is 5.02 Å². The molecule has 94 valence electrons. The maximum atomic E-state index is 6.36. The maximum Gasteiger partial charge on any atom is 0.0642 e. The van der Waals surface area contributed by atoms with E-state index in [0.29, 0.717) is 0 Å². The molecule has 0 radical (unpaired) electrons. The summed E-state index contributed by atoms with van der Waals surface area (Å²) in [6.07, 6.45) is 2.58. The molecule has 2 atom stereocenters. The molecule has 0 aliphatic carbocycles. The van der Waals surface area contributed by atoms with Gasteiger partial charge in [-0.15, -0.1) is 0 Å². The highest BCUT2D eigenvalue weighted by molar-refractivity contribution is 6.33. The third-order valence-electron chi connectivity index (χ3n) is 3.50. The molecule has 1 aliphatic heterocycles. The van der Waals surface area contributed by atoms with E-state index >= 15 is 0 Å². The summed E-state index contributed by atoms with van der Waals surface area (Å²) in [6, 6.07) is 6.24. The summed E-state index contributed by atoms with van der Waals surface area (Å²) in [5.74, 6) is 0.757. The fourth-order valence-electron chi connectivity index (χ4n) is 2.47. The van der Waals surface area contributed by atoms with Crippen LogP contribution in [0.4, 0.5) is 5.69 Å². The predicted octanol–water partition coefficient (Wildman–Crippen LogP) is 3.60. The molecule has 1 aromatic carbocycles. The van der Waals surface area contributed by atoms with Crippen LogP contribution < -0.4 is 10.6 Å². The van der Waals surface area contributed by atoms with Crippen molar-refractivity contribution in [3.8, 4) is 0 Å². The van der Waals surface area contributed by atoms with Crippen LogP contribution >= 0.6 is 11.6 Å². The lowest BCUT2D eigenvalue weighted by Crippen LogP contribution is -2.34. The Kier molecular flexibility index (Phi) is 3.95. The Bertz CT molecular complexity index is 390. The number of hydrogen-bond donors (Lipinski definition) is 1. The molecule has 2 N–H and O–H groups in total. The first-order chi connectivity index (χ1) is 8.08. The third kappa shape index (κ3) is 2.93. The summed E-state index contributed by atoms with van der Waals surface area (Å²) in [7, 11) is 0. The van der Waals surface area contributed by atoms with Crippen LogP contribution in [0.15, 0.2) is 18.2 Å². The van der Waals surface area contributed by atoms with E-state index in [1.54, 1.807) is 0 Å². The molecule has 1 heterocycles. The van der Waals surface area contributed by atoms with Gasteiger partial charge in [-0.3, -0.25) is 0 Å². The van der Waals surface area contributed by atoms with E-state index in [2.05, 4.69) is 24.0 Å². The SMILES string of the molecule is C[C@@H]1CCCN(c2ccc([C@H](C)N)cc2Cl)C1. The molecule has 1 fully saturated rings. The molecular weight excluding hydrogens is 232 g/mol. The monoisotopic (exact) mass is 252 g/mol.